The third-order valence-electron chi connectivity index (χ3n) is 5.33. The van der Waals surface area contributed by atoms with Gasteiger partial charge in [0.25, 0.3) is 11.8 Å². The minimum atomic E-state index is -3.64. The fourth-order valence-electron chi connectivity index (χ4n) is 3.38. The standard InChI is InChI=1S/C24H29N3O7S/c1-17(2)22(26-23(29)18-6-4-3-5-7-18)24(30)34-16-21(28)25-19-8-10-20(11-9-19)35(31,32)27-12-14-33-15-13-27/h3-11,17,22H,12-16H2,1-2H3,(H,25,28)(H,26,29)/t22-/m0/s1. The molecule has 0 bridgehead atoms. The van der Waals surface area contributed by atoms with Crippen LogP contribution in [0.2, 0.25) is 0 Å². The molecule has 0 aliphatic carbocycles. The summed E-state index contributed by atoms with van der Waals surface area (Å²) in [6.07, 6.45) is 0. The number of morpholine rings is 1. The van der Waals surface area contributed by atoms with E-state index in [2.05, 4.69) is 10.6 Å². The fraction of sp³-hybridized carbons (Fsp3) is 0.375. The summed E-state index contributed by atoms with van der Waals surface area (Å²) in [6.45, 7) is 4.22. The Morgan fingerprint density at radius 2 is 1.63 bits per heavy atom. The number of benzene rings is 2. The van der Waals surface area contributed by atoms with Crippen LogP contribution in [0, 0.1) is 5.92 Å². The molecule has 11 heteroatoms. The van der Waals surface area contributed by atoms with E-state index in [0.29, 0.717) is 24.5 Å². The maximum Gasteiger partial charge on any atom is 0.329 e. The van der Waals surface area contributed by atoms with Gasteiger partial charge < -0.3 is 20.1 Å². The Kier molecular flexibility index (Phi) is 8.96. The lowest BCUT2D eigenvalue weighted by molar-refractivity contribution is -0.150. The molecule has 1 heterocycles. The van der Waals surface area contributed by atoms with E-state index in [0.717, 1.165) is 0 Å². The molecule has 2 N–H and O–H groups in total. The molecule has 1 aliphatic rings. The number of esters is 1. The average molecular weight is 504 g/mol. The molecule has 10 nitrogen and oxygen atoms in total. The molecule has 2 aromatic carbocycles. The van der Waals surface area contributed by atoms with Crippen molar-refractivity contribution in [3.05, 3.63) is 60.2 Å². The van der Waals surface area contributed by atoms with Gasteiger partial charge in [-0.2, -0.15) is 4.31 Å². The number of hydrogen-bond acceptors (Lipinski definition) is 7. The molecule has 188 valence electrons. The molecular formula is C24H29N3O7S. The number of ether oxygens (including phenoxy) is 2. The van der Waals surface area contributed by atoms with E-state index < -0.39 is 40.5 Å². The van der Waals surface area contributed by atoms with Gasteiger partial charge in [0.05, 0.1) is 18.1 Å². The molecular weight excluding hydrogens is 474 g/mol. The molecule has 2 aromatic rings. The summed E-state index contributed by atoms with van der Waals surface area (Å²) in [7, 11) is -3.64. The normalized spacial score (nSPS) is 15.3. The van der Waals surface area contributed by atoms with Gasteiger partial charge in [-0.15, -0.1) is 0 Å². The van der Waals surface area contributed by atoms with E-state index in [1.165, 1.54) is 28.6 Å². The van der Waals surface area contributed by atoms with Gasteiger partial charge in [-0.25, -0.2) is 13.2 Å². The molecule has 2 amide bonds. The van der Waals surface area contributed by atoms with Crippen molar-refractivity contribution < 1.29 is 32.3 Å². The summed E-state index contributed by atoms with van der Waals surface area (Å²) in [5, 5.41) is 5.20. The smallest absolute Gasteiger partial charge is 0.329 e. The van der Waals surface area contributed by atoms with E-state index in [9.17, 15) is 22.8 Å². The molecule has 0 unspecified atom stereocenters. The van der Waals surface area contributed by atoms with E-state index in [4.69, 9.17) is 9.47 Å². The number of anilines is 1. The fourth-order valence-corrected chi connectivity index (χ4v) is 4.79. The van der Waals surface area contributed by atoms with Crippen LogP contribution in [0.3, 0.4) is 0 Å². The molecule has 0 spiro atoms. The Morgan fingerprint density at radius 3 is 2.23 bits per heavy atom. The first kappa shape index (κ1) is 26.3. The van der Waals surface area contributed by atoms with Gasteiger partial charge in [0.2, 0.25) is 10.0 Å². The highest BCUT2D eigenvalue weighted by molar-refractivity contribution is 7.89. The SMILES string of the molecule is CC(C)[C@H](NC(=O)c1ccccc1)C(=O)OCC(=O)Nc1ccc(S(=O)(=O)N2CCOCC2)cc1. The lowest BCUT2D eigenvalue weighted by Gasteiger charge is -2.26. The van der Waals surface area contributed by atoms with Gasteiger partial charge in [-0.05, 0) is 42.3 Å². The summed E-state index contributed by atoms with van der Waals surface area (Å²) in [6, 6.07) is 13.3. The molecule has 35 heavy (non-hydrogen) atoms. The van der Waals surface area contributed by atoms with Crippen LogP contribution in [-0.2, 0) is 29.1 Å². The number of carbonyl (C=O) groups is 3. The second-order valence-corrected chi connectivity index (χ2v) is 10.2. The summed E-state index contributed by atoms with van der Waals surface area (Å²) in [4.78, 5) is 37.3. The largest absolute Gasteiger partial charge is 0.454 e. The van der Waals surface area contributed by atoms with Gasteiger partial charge in [-0.3, -0.25) is 9.59 Å². The van der Waals surface area contributed by atoms with Crippen LogP contribution in [0.1, 0.15) is 24.2 Å². The van der Waals surface area contributed by atoms with Crippen LogP contribution in [0.5, 0.6) is 0 Å². The van der Waals surface area contributed by atoms with E-state index in [-0.39, 0.29) is 23.9 Å². The summed E-state index contributed by atoms with van der Waals surface area (Å²) < 4.78 is 37.0. The molecule has 1 aliphatic heterocycles. The Labute approximate surface area is 204 Å². The summed E-state index contributed by atoms with van der Waals surface area (Å²) in [5.74, 6) is -2.01. The lowest BCUT2D eigenvalue weighted by atomic mass is 10.0. The molecule has 0 saturated carbocycles. The number of sulfonamides is 1. The predicted molar refractivity (Wildman–Crippen MR) is 128 cm³/mol. The maximum absolute atomic E-state index is 12.7. The van der Waals surface area contributed by atoms with E-state index in [1.54, 1.807) is 44.2 Å². The van der Waals surface area contributed by atoms with E-state index in [1.807, 2.05) is 0 Å². The number of nitrogens with one attached hydrogen (secondary N) is 2. The van der Waals surface area contributed by atoms with Crippen molar-refractivity contribution in [3.8, 4) is 0 Å². The molecule has 1 fully saturated rings. The monoisotopic (exact) mass is 503 g/mol. The first-order valence-corrected chi connectivity index (χ1v) is 12.6. The second kappa shape index (κ2) is 11.9. The third-order valence-corrected chi connectivity index (χ3v) is 7.25. The van der Waals surface area contributed by atoms with Crippen molar-refractivity contribution in [2.45, 2.75) is 24.8 Å². The highest BCUT2D eigenvalue weighted by Crippen LogP contribution is 2.19. The molecule has 0 radical (unpaired) electrons. The van der Waals surface area contributed by atoms with Crippen LogP contribution in [-0.4, -0.2) is 69.5 Å². The van der Waals surface area contributed by atoms with Crippen molar-refractivity contribution in [2.24, 2.45) is 5.92 Å². The zero-order chi connectivity index (χ0) is 25.4. The minimum absolute atomic E-state index is 0.109. The van der Waals surface area contributed by atoms with Crippen LogP contribution < -0.4 is 10.6 Å². The Balaban J connectivity index is 1.53. The Bertz CT molecular complexity index is 1130. The van der Waals surface area contributed by atoms with Crippen LogP contribution >= 0.6 is 0 Å². The van der Waals surface area contributed by atoms with Crippen molar-refractivity contribution in [1.29, 1.82) is 0 Å². The van der Waals surface area contributed by atoms with Crippen molar-refractivity contribution >= 4 is 33.5 Å². The lowest BCUT2D eigenvalue weighted by Crippen LogP contribution is -2.45. The van der Waals surface area contributed by atoms with Crippen molar-refractivity contribution in [3.63, 3.8) is 0 Å². The molecule has 3 rings (SSSR count). The van der Waals surface area contributed by atoms with Crippen LogP contribution in [0.25, 0.3) is 0 Å². The topological polar surface area (TPSA) is 131 Å². The number of hydrogen-bond donors (Lipinski definition) is 2. The van der Waals surface area contributed by atoms with Crippen molar-refractivity contribution in [1.82, 2.24) is 9.62 Å². The van der Waals surface area contributed by atoms with E-state index >= 15 is 0 Å². The van der Waals surface area contributed by atoms with Gasteiger partial charge >= 0.3 is 5.97 Å². The quantitative estimate of drug-likeness (QED) is 0.498. The van der Waals surface area contributed by atoms with Gasteiger partial charge in [0, 0.05) is 24.3 Å². The van der Waals surface area contributed by atoms with Gasteiger partial charge in [0.1, 0.15) is 6.04 Å². The average Bonchev–Trinajstić information content (AvgIpc) is 2.87. The third kappa shape index (κ3) is 7.10. The number of nitrogens with zero attached hydrogens (tertiary/aromatic N) is 1. The molecule has 0 aromatic heterocycles. The number of rotatable bonds is 9. The van der Waals surface area contributed by atoms with Gasteiger partial charge in [0.15, 0.2) is 6.61 Å². The highest BCUT2D eigenvalue weighted by atomic mass is 32.2. The first-order chi connectivity index (χ1) is 16.7. The predicted octanol–water partition coefficient (Wildman–Crippen LogP) is 1.64. The Hall–Kier alpha value is -3.28. The van der Waals surface area contributed by atoms with Crippen molar-refractivity contribution in [2.75, 3.05) is 38.2 Å². The van der Waals surface area contributed by atoms with Crippen LogP contribution in [0.4, 0.5) is 5.69 Å². The highest BCUT2D eigenvalue weighted by Gasteiger charge is 2.28. The van der Waals surface area contributed by atoms with Gasteiger partial charge in [-0.1, -0.05) is 32.0 Å². The first-order valence-electron chi connectivity index (χ1n) is 11.2. The minimum Gasteiger partial charge on any atom is -0.454 e. The zero-order valence-corrected chi connectivity index (χ0v) is 20.4. The zero-order valence-electron chi connectivity index (χ0n) is 19.6. The van der Waals surface area contributed by atoms with Crippen LogP contribution in [0.15, 0.2) is 59.5 Å². The maximum atomic E-state index is 12.7. The Morgan fingerprint density at radius 1 is 1.00 bits per heavy atom. The summed E-state index contributed by atoms with van der Waals surface area (Å²) in [5.41, 5.74) is 0.757. The number of carbonyl (C=O) groups excluding carboxylic acids is 3. The summed E-state index contributed by atoms with van der Waals surface area (Å²) >= 11 is 0. The molecule has 1 atom stereocenters. The number of amides is 2. The molecule has 1 saturated heterocycles. The second-order valence-electron chi connectivity index (χ2n) is 8.26.